The number of amides is 1. The van der Waals surface area contributed by atoms with E-state index in [9.17, 15) is 4.79 Å². The Morgan fingerprint density at radius 3 is 3.21 bits per heavy atom. The summed E-state index contributed by atoms with van der Waals surface area (Å²) < 4.78 is 7.45. The highest BCUT2D eigenvalue weighted by molar-refractivity contribution is 5.93. The van der Waals surface area contributed by atoms with Gasteiger partial charge < -0.3 is 19.9 Å². The molecule has 1 aromatic heterocycles. The lowest BCUT2D eigenvalue weighted by atomic mass is 9.95. The van der Waals surface area contributed by atoms with Gasteiger partial charge in [0, 0.05) is 25.9 Å². The molecule has 1 unspecified atom stereocenters. The van der Waals surface area contributed by atoms with E-state index < -0.39 is 0 Å². The minimum absolute atomic E-state index is 0.114. The predicted octanol–water partition coefficient (Wildman–Crippen LogP) is 0.998. The quantitative estimate of drug-likeness (QED) is 0.836. The number of hydrogen-bond donors (Lipinski definition) is 2. The van der Waals surface area contributed by atoms with E-state index in [2.05, 4.69) is 15.6 Å². The number of aryl methyl sites for hydroxylation is 1. The number of ether oxygens (including phenoxy) is 1. The topological polar surface area (TPSA) is 68.2 Å². The number of nitrogens with zero attached hydrogens (tertiary/aromatic N) is 2. The third-order valence-electron chi connectivity index (χ3n) is 3.72. The van der Waals surface area contributed by atoms with E-state index in [1.165, 1.54) is 0 Å². The lowest BCUT2D eigenvalue weighted by Crippen LogP contribution is -2.51. The zero-order chi connectivity index (χ0) is 13.3. The highest BCUT2D eigenvalue weighted by Gasteiger charge is 2.30. The second kappa shape index (κ2) is 4.85. The number of nitrogens with one attached hydrogen (secondary N) is 2. The molecular formula is C13H20N4O2. The number of imidazole rings is 1. The summed E-state index contributed by atoms with van der Waals surface area (Å²) in [4.78, 5) is 16.6. The van der Waals surface area contributed by atoms with Crippen LogP contribution in [0.15, 0.2) is 6.20 Å². The van der Waals surface area contributed by atoms with Crippen molar-refractivity contribution < 1.29 is 9.53 Å². The fourth-order valence-corrected chi connectivity index (χ4v) is 2.66. The molecule has 0 bridgehead atoms. The molecule has 2 aliphatic rings. The molecule has 1 amide bonds. The normalized spacial score (nSPS) is 26.4. The molecule has 0 spiro atoms. The smallest absolute Gasteiger partial charge is 0.272 e. The van der Waals surface area contributed by atoms with Crippen LogP contribution in [-0.4, -0.2) is 40.8 Å². The molecule has 3 rings (SSSR count). The highest BCUT2D eigenvalue weighted by Crippen LogP contribution is 2.20. The summed E-state index contributed by atoms with van der Waals surface area (Å²) >= 11 is 0. The molecule has 1 aromatic rings. The molecule has 1 atom stereocenters. The maximum Gasteiger partial charge on any atom is 0.272 e. The molecule has 1 fully saturated rings. The second-order valence-corrected chi connectivity index (χ2v) is 5.59. The number of rotatable bonds is 2. The van der Waals surface area contributed by atoms with Crippen LogP contribution in [0.25, 0.3) is 0 Å². The SMILES string of the molecule is CC1(NC(=O)c2cn3c(n2)NCCC3)CCCOC1. The van der Waals surface area contributed by atoms with Crippen molar-refractivity contribution in [1.29, 1.82) is 0 Å². The summed E-state index contributed by atoms with van der Waals surface area (Å²) in [6.07, 6.45) is 4.82. The average Bonchev–Trinajstić information content (AvgIpc) is 2.83. The Morgan fingerprint density at radius 2 is 2.47 bits per heavy atom. The molecule has 19 heavy (non-hydrogen) atoms. The standard InChI is InChI=1S/C13H20N4O2/c1-13(4-2-7-19-9-13)16-11(18)10-8-17-6-3-5-14-12(17)15-10/h8H,2-7,9H2,1H3,(H,14,15)(H,16,18). The molecule has 0 radical (unpaired) electrons. The first-order valence-corrected chi connectivity index (χ1v) is 6.88. The number of aromatic nitrogens is 2. The monoisotopic (exact) mass is 264 g/mol. The zero-order valence-corrected chi connectivity index (χ0v) is 11.2. The Hall–Kier alpha value is -1.56. The van der Waals surface area contributed by atoms with E-state index in [1.54, 1.807) is 0 Å². The van der Waals surface area contributed by atoms with E-state index in [1.807, 2.05) is 17.7 Å². The number of carbonyl (C=O) groups excluding carboxylic acids is 1. The molecule has 0 aliphatic carbocycles. The molecule has 2 aliphatic heterocycles. The maximum atomic E-state index is 12.3. The molecule has 3 heterocycles. The van der Waals surface area contributed by atoms with Gasteiger partial charge in [0.15, 0.2) is 0 Å². The Labute approximate surface area is 112 Å². The van der Waals surface area contributed by atoms with Crippen LogP contribution in [0.1, 0.15) is 36.7 Å². The van der Waals surface area contributed by atoms with E-state index >= 15 is 0 Å². The summed E-state index contributed by atoms with van der Waals surface area (Å²) in [5, 5.41) is 6.25. The highest BCUT2D eigenvalue weighted by atomic mass is 16.5. The van der Waals surface area contributed by atoms with Gasteiger partial charge >= 0.3 is 0 Å². The van der Waals surface area contributed by atoms with Crippen LogP contribution in [0.4, 0.5) is 5.95 Å². The minimum atomic E-state index is -0.271. The summed E-state index contributed by atoms with van der Waals surface area (Å²) in [6.45, 7) is 5.23. The molecule has 0 aromatic carbocycles. The first kappa shape index (κ1) is 12.5. The molecule has 0 saturated carbocycles. The lowest BCUT2D eigenvalue weighted by molar-refractivity contribution is 0.0271. The van der Waals surface area contributed by atoms with E-state index in [-0.39, 0.29) is 11.4 Å². The average molecular weight is 264 g/mol. The van der Waals surface area contributed by atoms with Gasteiger partial charge in [-0.2, -0.15) is 0 Å². The van der Waals surface area contributed by atoms with Gasteiger partial charge in [0.1, 0.15) is 5.69 Å². The number of hydrogen-bond acceptors (Lipinski definition) is 4. The maximum absolute atomic E-state index is 12.3. The summed E-state index contributed by atoms with van der Waals surface area (Å²) in [7, 11) is 0. The number of anilines is 1. The first-order chi connectivity index (χ1) is 9.16. The second-order valence-electron chi connectivity index (χ2n) is 5.59. The van der Waals surface area contributed by atoms with Crippen LogP contribution in [0.2, 0.25) is 0 Å². The van der Waals surface area contributed by atoms with Crippen LogP contribution in [-0.2, 0) is 11.3 Å². The number of fused-ring (bicyclic) bond motifs is 1. The van der Waals surface area contributed by atoms with Gasteiger partial charge in [0.05, 0.1) is 12.1 Å². The summed E-state index contributed by atoms with van der Waals surface area (Å²) in [6, 6.07) is 0. The first-order valence-electron chi connectivity index (χ1n) is 6.88. The minimum Gasteiger partial charge on any atom is -0.379 e. The van der Waals surface area contributed by atoms with Gasteiger partial charge in [0.2, 0.25) is 5.95 Å². The fourth-order valence-electron chi connectivity index (χ4n) is 2.66. The van der Waals surface area contributed by atoms with Crippen molar-refractivity contribution in [3.05, 3.63) is 11.9 Å². The molecule has 6 nitrogen and oxygen atoms in total. The Bertz CT molecular complexity index is 453. The van der Waals surface area contributed by atoms with Gasteiger partial charge in [-0.3, -0.25) is 4.79 Å². The van der Waals surface area contributed by atoms with Crippen LogP contribution in [0.3, 0.4) is 0 Å². The lowest BCUT2D eigenvalue weighted by Gasteiger charge is -2.33. The molecule has 104 valence electrons. The Balaban J connectivity index is 1.71. The largest absolute Gasteiger partial charge is 0.379 e. The van der Waals surface area contributed by atoms with Crippen molar-refractivity contribution in [2.45, 2.75) is 38.3 Å². The van der Waals surface area contributed by atoms with Crippen LogP contribution in [0, 0.1) is 0 Å². The summed E-state index contributed by atoms with van der Waals surface area (Å²) in [5.74, 6) is 0.679. The van der Waals surface area contributed by atoms with Crippen LogP contribution in [0.5, 0.6) is 0 Å². The Kier molecular flexibility index (Phi) is 3.18. The molecular weight excluding hydrogens is 244 g/mol. The number of carbonyl (C=O) groups is 1. The van der Waals surface area contributed by atoms with Gasteiger partial charge in [-0.05, 0) is 26.2 Å². The van der Waals surface area contributed by atoms with Gasteiger partial charge in [0.25, 0.3) is 5.91 Å². The molecule has 6 heteroatoms. The van der Waals surface area contributed by atoms with E-state index in [0.717, 1.165) is 44.9 Å². The van der Waals surface area contributed by atoms with Crippen molar-refractivity contribution in [3.8, 4) is 0 Å². The van der Waals surface area contributed by atoms with Crippen LogP contribution >= 0.6 is 0 Å². The Morgan fingerprint density at radius 1 is 1.58 bits per heavy atom. The van der Waals surface area contributed by atoms with E-state index in [4.69, 9.17) is 4.74 Å². The van der Waals surface area contributed by atoms with Crippen LogP contribution < -0.4 is 10.6 Å². The molecule has 2 N–H and O–H groups in total. The van der Waals surface area contributed by atoms with Gasteiger partial charge in [-0.15, -0.1) is 0 Å². The zero-order valence-electron chi connectivity index (χ0n) is 11.2. The molecule has 1 saturated heterocycles. The van der Waals surface area contributed by atoms with Crippen molar-refractivity contribution in [1.82, 2.24) is 14.9 Å². The fraction of sp³-hybridized carbons (Fsp3) is 0.692. The third-order valence-corrected chi connectivity index (χ3v) is 3.72. The van der Waals surface area contributed by atoms with Gasteiger partial charge in [-0.25, -0.2) is 4.98 Å². The van der Waals surface area contributed by atoms with Crippen molar-refractivity contribution in [2.24, 2.45) is 0 Å². The predicted molar refractivity (Wildman–Crippen MR) is 71.3 cm³/mol. The third kappa shape index (κ3) is 2.58. The van der Waals surface area contributed by atoms with Crippen molar-refractivity contribution in [3.63, 3.8) is 0 Å². The van der Waals surface area contributed by atoms with E-state index in [0.29, 0.717) is 12.3 Å². The van der Waals surface area contributed by atoms with Crippen molar-refractivity contribution in [2.75, 3.05) is 25.1 Å². The summed E-state index contributed by atoms with van der Waals surface area (Å²) in [5.41, 5.74) is 0.212. The van der Waals surface area contributed by atoms with Gasteiger partial charge in [-0.1, -0.05) is 0 Å². The van der Waals surface area contributed by atoms with Crippen molar-refractivity contribution >= 4 is 11.9 Å².